The van der Waals surface area contributed by atoms with Gasteiger partial charge in [-0.2, -0.15) is 5.10 Å². The first-order valence-electron chi connectivity index (χ1n) is 9.47. The van der Waals surface area contributed by atoms with E-state index in [-0.39, 0.29) is 22.8 Å². The molecule has 3 N–H and O–H groups in total. The zero-order chi connectivity index (χ0) is 23.1. The maximum absolute atomic E-state index is 12.5. The number of carbonyl (C=O) groups excluding carboxylic acids is 2. The highest BCUT2D eigenvalue weighted by molar-refractivity contribution is 9.10. The normalized spacial score (nSPS) is 10.7. The molecule has 3 aromatic rings. The minimum absolute atomic E-state index is 0.0589. The standard InChI is InChI=1S/C23H19BrN2O6/c1-2-31-18-7-3-14(4-8-18)23(30)32-21-10-5-16(24)11-15(21)13-25-26-22(29)19-9-6-17(27)12-20(19)28/h3-13,27-28H,2H2,1H3,(H,26,29)/b25-13-. The smallest absolute Gasteiger partial charge is 0.343 e. The summed E-state index contributed by atoms with van der Waals surface area (Å²) in [5, 5.41) is 23.0. The lowest BCUT2D eigenvalue weighted by molar-refractivity contribution is 0.0734. The molecule has 0 bridgehead atoms. The number of phenols is 2. The van der Waals surface area contributed by atoms with Crippen molar-refractivity contribution in [2.75, 3.05) is 6.61 Å². The van der Waals surface area contributed by atoms with Gasteiger partial charge in [-0.3, -0.25) is 4.79 Å². The molecule has 164 valence electrons. The van der Waals surface area contributed by atoms with E-state index >= 15 is 0 Å². The lowest BCUT2D eigenvalue weighted by Crippen LogP contribution is -2.18. The van der Waals surface area contributed by atoms with E-state index in [1.54, 1.807) is 42.5 Å². The number of aromatic hydroxyl groups is 2. The average Bonchev–Trinajstić information content (AvgIpc) is 2.76. The van der Waals surface area contributed by atoms with Gasteiger partial charge in [0.05, 0.1) is 23.9 Å². The van der Waals surface area contributed by atoms with Crippen LogP contribution in [-0.4, -0.2) is 34.9 Å². The summed E-state index contributed by atoms with van der Waals surface area (Å²) in [6, 6.07) is 15.1. The average molecular weight is 499 g/mol. The Hall–Kier alpha value is -3.85. The number of amides is 1. The Kier molecular flexibility index (Phi) is 7.45. The molecule has 0 saturated carbocycles. The van der Waals surface area contributed by atoms with Gasteiger partial charge in [0.15, 0.2) is 0 Å². The summed E-state index contributed by atoms with van der Waals surface area (Å²) in [6.07, 6.45) is 1.31. The predicted molar refractivity (Wildman–Crippen MR) is 122 cm³/mol. The lowest BCUT2D eigenvalue weighted by Gasteiger charge is -2.09. The molecule has 1 amide bonds. The fourth-order valence-corrected chi connectivity index (χ4v) is 3.04. The highest BCUT2D eigenvalue weighted by Crippen LogP contribution is 2.24. The summed E-state index contributed by atoms with van der Waals surface area (Å²) in [6.45, 7) is 2.39. The van der Waals surface area contributed by atoms with Crippen LogP contribution in [0.3, 0.4) is 0 Å². The van der Waals surface area contributed by atoms with Gasteiger partial charge in [-0.05, 0) is 61.5 Å². The largest absolute Gasteiger partial charge is 0.508 e. The first-order valence-corrected chi connectivity index (χ1v) is 10.3. The summed E-state index contributed by atoms with van der Waals surface area (Å²) in [7, 11) is 0. The fourth-order valence-electron chi connectivity index (χ4n) is 2.66. The van der Waals surface area contributed by atoms with Crippen molar-refractivity contribution in [1.29, 1.82) is 0 Å². The van der Waals surface area contributed by atoms with Crippen LogP contribution in [0, 0.1) is 0 Å². The van der Waals surface area contributed by atoms with Crippen molar-refractivity contribution in [2.45, 2.75) is 6.92 Å². The van der Waals surface area contributed by atoms with Crippen LogP contribution in [0.25, 0.3) is 0 Å². The minimum atomic E-state index is -0.679. The Labute approximate surface area is 192 Å². The summed E-state index contributed by atoms with van der Waals surface area (Å²) in [4.78, 5) is 24.7. The number of rotatable bonds is 7. The molecule has 0 aromatic heterocycles. The SMILES string of the molecule is CCOc1ccc(C(=O)Oc2ccc(Br)cc2/C=N\NC(=O)c2ccc(O)cc2O)cc1. The molecule has 9 heteroatoms. The molecule has 0 fully saturated rings. The molecule has 0 unspecified atom stereocenters. The number of hydrogen-bond acceptors (Lipinski definition) is 7. The monoisotopic (exact) mass is 498 g/mol. The highest BCUT2D eigenvalue weighted by atomic mass is 79.9. The molecule has 0 aliphatic carbocycles. The molecule has 0 heterocycles. The second kappa shape index (κ2) is 10.5. The number of esters is 1. The number of carbonyl (C=O) groups is 2. The number of hydrazone groups is 1. The summed E-state index contributed by atoms with van der Waals surface area (Å²) >= 11 is 3.34. The van der Waals surface area contributed by atoms with E-state index in [1.165, 1.54) is 18.3 Å². The second-order valence-electron chi connectivity index (χ2n) is 6.43. The van der Waals surface area contributed by atoms with Crippen molar-refractivity contribution >= 4 is 34.0 Å². The number of hydrogen-bond donors (Lipinski definition) is 3. The Morgan fingerprint density at radius 2 is 1.81 bits per heavy atom. The molecule has 3 rings (SSSR count). The molecule has 0 spiro atoms. The van der Waals surface area contributed by atoms with Gasteiger partial charge in [0.1, 0.15) is 23.0 Å². The van der Waals surface area contributed by atoms with Gasteiger partial charge in [0.2, 0.25) is 0 Å². The molecular formula is C23H19BrN2O6. The Balaban J connectivity index is 1.73. The molecule has 3 aromatic carbocycles. The van der Waals surface area contributed by atoms with Crippen LogP contribution < -0.4 is 14.9 Å². The lowest BCUT2D eigenvalue weighted by atomic mass is 10.2. The van der Waals surface area contributed by atoms with Crippen LogP contribution in [-0.2, 0) is 0 Å². The van der Waals surface area contributed by atoms with Gasteiger partial charge in [-0.15, -0.1) is 0 Å². The number of phenolic OH excluding ortho intramolecular Hbond substituents is 2. The van der Waals surface area contributed by atoms with Gasteiger partial charge in [-0.25, -0.2) is 10.2 Å². The molecule has 0 aliphatic rings. The Morgan fingerprint density at radius 3 is 2.50 bits per heavy atom. The van der Waals surface area contributed by atoms with E-state index in [2.05, 4.69) is 26.5 Å². The summed E-state index contributed by atoms with van der Waals surface area (Å²) < 4.78 is 11.6. The Bertz CT molecular complexity index is 1160. The number of ether oxygens (including phenoxy) is 2. The van der Waals surface area contributed by atoms with Crippen LogP contribution in [0.4, 0.5) is 0 Å². The molecule has 0 saturated heterocycles. The second-order valence-corrected chi connectivity index (χ2v) is 7.35. The van der Waals surface area contributed by atoms with Gasteiger partial charge in [0, 0.05) is 16.1 Å². The van der Waals surface area contributed by atoms with E-state index in [1.807, 2.05) is 6.92 Å². The number of nitrogens with one attached hydrogen (secondary N) is 1. The van der Waals surface area contributed by atoms with E-state index in [0.717, 1.165) is 6.07 Å². The van der Waals surface area contributed by atoms with Crippen molar-refractivity contribution in [3.8, 4) is 23.0 Å². The van der Waals surface area contributed by atoms with Crippen LogP contribution in [0.1, 0.15) is 33.2 Å². The van der Waals surface area contributed by atoms with Crippen LogP contribution in [0.2, 0.25) is 0 Å². The fraction of sp³-hybridized carbons (Fsp3) is 0.0870. The third kappa shape index (κ3) is 5.86. The van der Waals surface area contributed by atoms with Gasteiger partial charge in [-0.1, -0.05) is 15.9 Å². The molecule has 0 radical (unpaired) electrons. The number of benzene rings is 3. The van der Waals surface area contributed by atoms with Crippen molar-refractivity contribution in [3.05, 3.63) is 81.8 Å². The first-order chi connectivity index (χ1) is 15.4. The van der Waals surface area contributed by atoms with Crippen LogP contribution >= 0.6 is 15.9 Å². The molecule has 8 nitrogen and oxygen atoms in total. The third-order valence-electron chi connectivity index (χ3n) is 4.17. The quantitative estimate of drug-likeness (QED) is 0.194. The van der Waals surface area contributed by atoms with Crippen molar-refractivity contribution < 1.29 is 29.3 Å². The van der Waals surface area contributed by atoms with E-state index in [4.69, 9.17) is 9.47 Å². The maximum Gasteiger partial charge on any atom is 0.343 e. The first kappa shape index (κ1) is 22.8. The molecular weight excluding hydrogens is 480 g/mol. The third-order valence-corrected chi connectivity index (χ3v) is 4.66. The predicted octanol–water partition coefficient (Wildman–Crippen LogP) is 4.24. The topological polar surface area (TPSA) is 117 Å². The molecule has 0 aliphatic heterocycles. The van der Waals surface area contributed by atoms with Crippen LogP contribution in [0.5, 0.6) is 23.0 Å². The van der Waals surface area contributed by atoms with Crippen molar-refractivity contribution in [3.63, 3.8) is 0 Å². The number of nitrogens with zero attached hydrogens (tertiary/aromatic N) is 1. The van der Waals surface area contributed by atoms with Gasteiger partial charge >= 0.3 is 5.97 Å². The zero-order valence-electron chi connectivity index (χ0n) is 16.9. The zero-order valence-corrected chi connectivity index (χ0v) is 18.5. The van der Waals surface area contributed by atoms with E-state index in [9.17, 15) is 19.8 Å². The van der Waals surface area contributed by atoms with Crippen molar-refractivity contribution in [1.82, 2.24) is 5.43 Å². The Morgan fingerprint density at radius 1 is 1.06 bits per heavy atom. The van der Waals surface area contributed by atoms with E-state index < -0.39 is 11.9 Å². The van der Waals surface area contributed by atoms with Gasteiger partial charge < -0.3 is 19.7 Å². The highest BCUT2D eigenvalue weighted by Gasteiger charge is 2.13. The maximum atomic E-state index is 12.5. The summed E-state index contributed by atoms with van der Waals surface area (Å²) in [5.74, 6) is -0.918. The van der Waals surface area contributed by atoms with Crippen molar-refractivity contribution in [2.24, 2.45) is 5.10 Å². The minimum Gasteiger partial charge on any atom is -0.508 e. The van der Waals surface area contributed by atoms with E-state index in [0.29, 0.717) is 28.0 Å². The number of halogens is 1. The van der Waals surface area contributed by atoms with Gasteiger partial charge in [0.25, 0.3) is 5.91 Å². The summed E-state index contributed by atoms with van der Waals surface area (Å²) in [5.41, 5.74) is 2.99. The molecule has 0 atom stereocenters. The molecule has 32 heavy (non-hydrogen) atoms. The van der Waals surface area contributed by atoms with Crippen LogP contribution in [0.15, 0.2) is 70.2 Å².